The van der Waals surface area contributed by atoms with Gasteiger partial charge in [0.05, 0.1) is 6.61 Å². The molecule has 28 heavy (non-hydrogen) atoms. The summed E-state index contributed by atoms with van der Waals surface area (Å²) in [5, 5.41) is 0.790. The van der Waals surface area contributed by atoms with Crippen molar-refractivity contribution in [2.75, 3.05) is 6.61 Å². The Balaban J connectivity index is 1.53. The number of carbonyl (C=O) groups is 1. The van der Waals surface area contributed by atoms with Gasteiger partial charge >= 0.3 is 11.6 Å². The zero-order valence-electron chi connectivity index (χ0n) is 16.4. The quantitative estimate of drug-likeness (QED) is 0.340. The van der Waals surface area contributed by atoms with E-state index in [4.69, 9.17) is 13.9 Å². The van der Waals surface area contributed by atoms with Crippen LogP contribution in [0.25, 0.3) is 11.0 Å². The Bertz CT molecular complexity index is 1030. The smallest absolute Gasteiger partial charge is 0.336 e. The van der Waals surface area contributed by atoms with E-state index in [0.29, 0.717) is 24.2 Å². The topological polar surface area (TPSA) is 65.7 Å². The summed E-state index contributed by atoms with van der Waals surface area (Å²) in [5.41, 5.74) is 4.00. The van der Waals surface area contributed by atoms with E-state index in [-0.39, 0.29) is 19.0 Å². The maximum Gasteiger partial charge on any atom is 0.336 e. The van der Waals surface area contributed by atoms with Gasteiger partial charge in [-0.05, 0) is 62.6 Å². The van der Waals surface area contributed by atoms with Crippen LogP contribution in [0.3, 0.4) is 0 Å². The zero-order valence-corrected chi connectivity index (χ0v) is 16.4. The van der Waals surface area contributed by atoms with E-state index in [9.17, 15) is 9.59 Å². The molecule has 0 spiro atoms. The Kier molecular flexibility index (Phi) is 6.14. The van der Waals surface area contributed by atoms with Gasteiger partial charge in [0.15, 0.2) is 0 Å². The van der Waals surface area contributed by atoms with Crippen molar-refractivity contribution in [3.8, 4) is 5.75 Å². The van der Waals surface area contributed by atoms with E-state index in [1.165, 1.54) is 11.6 Å². The van der Waals surface area contributed by atoms with Gasteiger partial charge in [0, 0.05) is 23.4 Å². The molecule has 3 rings (SSSR count). The lowest BCUT2D eigenvalue weighted by Crippen LogP contribution is -2.09. The van der Waals surface area contributed by atoms with E-state index in [1.54, 1.807) is 0 Å². The summed E-state index contributed by atoms with van der Waals surface area (Å²) in [4.78, 5) is 23.8. The molecule has 1 heterocycles. The van der Waals surface area contributed by atoms with Gasteiger partial charge in [0.25, 0.3) is 0 Å². The van der Waals surface area contributed by atoms with Gasteiger partial charge in [-0.3, -0.25) is 4.79 Å². The lowest BCUT2D eigenvalue weighted by Gasteiger charge is -2.09. The number of hydrogen-bond acceptors (Lipinski definition) is 5. The Morgan fingerprint density at radius 3 is 2.46 bits per heavy atom. The van der Waals surface area contributed by atoms with E-state index in [1.807, 2.05) is 57.2 Å². The number of carbonyl (C=O) groups excluding carboxylic acids is 1. The van der Waals surface area contributed by atoms with Crippen LogP contribution in [0.5, 0.6) is 5.75 Å². The molecule has 0 fully saturated rings. The maximum absolute atomic E-state index is 12.0. The molecule has 0 aliphatic carbocycles. The van der Waals surface area contributed by atoms with Crippen molar-refractivity contribution in [2.45, 2.75) is 40.2 Å². The lowest BCUT2D eigenvalue weighted by molar-refractivity contribution is -0.145. The van der Waals surface area contributed by atoms with Gasteiger partial charge in [-0.1, -0.05) is 17.7 Å². The van der Waals surface area contributed by atoms with Crippen LogP contribution in [-0.4, -0.2) is 12.6 Å². The third kappa shape index (κ3) is 5.00. The molecular weight excluding hydrogens is 356 g/mol. The van der Waals surface area contributed by atoms with Crippen LogP contribution in [0.1, 0.15) is 35.1 Å². The molecule has 146 valence electrons. The van der Waals surface area contributed by atoms with Crippen molar-refractivity contribution in [3.05, 3.63) is 75.1 Å². The number of hydrogen-bond donors (Lipinski definition) is 0. The van der Waals surface area contributed by atoms with Crippen molar-refractivity contribution in [1.82, 2.24) is 0 Å². The van der Waals surface area contributed by atoms with Crippen molar-refractivity contribution in [2.24, 2.45) is 0 Å². The molecule has 0 aliphatic rings. The van der Waals surface area contributed by atoms with Gasteiger partial charge in [-0.15, -0.1) is 0 Å². The summed E-state index contributed by atoms with van der Waals surface area (Å²) >= 11 is 0. The molecule has 0 unspecified atom stereocenters. The molecule has 5 heteroatoms. The van der Waals surface area contributed by atoms with E-state index < -0.39 is 5.63 Å². The van der Waals surface area contributed by atoms with Crippen molar-refractivity contribution < 1.29 is 18.7 Å². The number of ether oxygens (including phenoxy) is 2. The van der Waals surface area contributed by atoms with Crippen LogP contribution in [0, 0.1) is 20.8 Å². The predicted molar refractivity (Wildman–Crippen MR) is 108 cm³/mol. The number of benzene rings is 2. The van der Waals surface area contributed by atoms with Crippen LogP contribution >= 0.6 is 0 Å². The minimum Gasteiger partial charge on any atom is -0.494 e. The molecular formula is C23H24O5. The minimum absolute atomic E-state index is 0.0439. The largest absolute Gasteiger partial charge is 0.494 e. The zero-order chi connectivity index (χ0) is 20.1. The molecule has 0 amide bonds. The molecule has 1 aromatic heterocycles. The fraction of sp³-hybridized carbons (Fsp3) is 0.304. The van der Waals surface area contributed by atoms with Crippen LogP contribution in [0.4, 0.5) is 0 Å². The standard InChI is InChI=1S/C23H24O5/c1-15-6-8-19(9-7-15)26-10-4-5-22(24)27-14-18-13-23(25)28-21-12-17(3)16(2)11-20(18)21/h6-9,11-13H,4-5,10,14H2,1-3H3. The van der Waals surface area contributed by atoms with Gasteiger partial charge < -0.3 is 13.9 Å². The first-order valence-corrected chi connectivity index (χ1v) is 9.31. The number of rotatable bonds is 7. The summed E-state index contributed by atoms with van der Waals surface area (Å²) < 4.78 is 16.2. The van der Waals surface area contributed by atoms with Gasteiger partial charge in [0.2, 0.25) is 0 Å². The van der Waals surface area contributed by atoms with E-state index >= 15 is 0 Å². The fourth-order valence-electron chi connectivity index (χ4n) is 2.87. The monoisotopic (exact) mass is 380 g/mol. The normalized spacial score (nSPS) is 10.8. The summed E-state index contributed by atoms with van der Waals surface area (Å²) in [6.45, 7) is 6.45. The minimum atomic E-state index is -0.451. The maximum atomic E-state index is 12.0. The molecule has 5 nitrogen and oxygen atoms in total. The second kappa shape index (κ2) is 8.74. The SMILES string of the molecule is Cc1ccc(OCCCC(=O)OCc2cc(=O)oc3cc(C)c(C)cc23)cc1. The molecule has 0 saturated carbocycles. The van der Waals surface area contributed by atoms with Crippen molar-refractivity contribution in [3.63, 3.8) is 0 Å². The number of fused-ring (bicyclic) bond motifs is 1. The molecule has 0 N–H and O–H groups in total. The molecule has 0 atom stereocenters. The first kappa shape index (κ1) is 19.7. The van der Waals surface area contributed by atoms with Crippen LogP contribution < -0.4 is 10.4 Å². The van der Waals surface area contributed by atoms with Crippen molar-refractivity contribution >= 4 is 16.9 Å². The summed E-state index contributed by atoms with van der Waals surface area (Å²) in [7, 11) is 0. The number of esters is 1. The van der Waals surface area contributed by atoms with Gasteiger partial charge in [0.1, 0.15) is 17.9 Å². The summed E-state index contributed by atoms with van der Waals surface area (Å²) in [6.07, 6.45) is 0.812. The predicted octanol–water partition coefficient (Wildman–Crippen LogP) is 4.62. The molecule has 0 aliphatic heterocycles. The van der Waals surface area contributed by atoms with Crippen LogP contribution in [0.15, 0.2) is 51.7 Å². The highest BCUT2D eigenvalue weighted by atomic mass is 16.5. The average molecular weight is 380 g/mol. The summed E-state index contributed by atoms with van der Waals surface area (Å²) in [6, 6.07) is 12.9. The van der Waals surface area contributed by atoms with E-state index in [0.717, 1.165) is 22.3 Å². The van der Waals surface area contributed by atoms with Gasteiger partial charge in [-0.25, -0.2) is 4.79 Å². The lowest BCUT2D eigenvalue weighted by atomic mass is 10.0. The molecule has 2 aromatic carbocycles. The first-order chi connectivity index (χ1) is 13.4. The van der Waals surface area contributed by atoms with Crippen LogP contribution in [-0.2, 0) is 16.1 Å². The first-order valence-electron chi connectivity index (χ1n) is 9.31. The molecule has 0 bridgehead atoms. The Morgan fingerprint density at radius 2 is 1.71 bits per heavy atom. The highest BCUT2D eigenvalue weighted by molar-refractivity contribution is 5.82. The van der Waals surface area contributed by atoms with Crippen LogP contribution in [0.2, 0.25) is 0 Å². The highest BCUT2D eigenvalue weighted by Gasteiger charge is 2.10. The third-order valence-electron chi connectivity index (χ3n) is 4.65. The Labute approximate surface area is 163 Å². The third-order valence-corrected chi connectivity index (χ3v) is 4.65. The second-order valence-electron chi connectivity index (χ2n) is 6.95. The molecule has 0 saturated heterocycles. The summed E-state index contributed by atoms with van der Waals surface area (Å²) in [5.74, 6) is 0.463. The highest BCUT2D eigenvalue weighted by Crippen LogP contribution is 2.22. The van der Waals surface area contributed by atoms with Gasteiger partial charge in [-0.2, -0.15) is 0 Å². The Morgan fingerprint density at radius 1 is 1.00 bits per heavy atom. The van der Waals surface area contributed by atoms with E-state index in [2.05, 4.69) is 0 Å². The fourth-order valence-corrected chi connectivity index (χ4v) is 2.87. The van der Waals surface area contributed by atoms with Crippen molar-refractivity contribution in [1.29, 1.82) is 0 Å². The number of aryl methyl sites for hydroxylation is 3. The second-order valence-corrected chi connectivity index (χ2v) is 6.95. The molecule has 0 radical (unpaired) electrons. The molecule has 3 aromatic rings. The average Bonchev–Trinajstić information content (AvgIpc) is 2.66. The Hall–Kier alpha value is -3.08.